The van der Waals surface area contributed by atoms with Gasteiger partial charge in [0.1, 0.15) is 0 Å². The summed E-state index contributed by atoms with van der Waals surface area (Å²) in [6.07, 6.45) is 1.44. The molecule has 1 aromatic rings. The summed E-state index contributed by atoms with van der Waals surface area (Å²) in [5, 5.41) is 8.87. The molecule has 0 spiro atoms. The first kappa shape index (κ1) is 14.0. The van der Waals surface area contributed by atoms with Gasteiger partial charge in [0, 0.05) is 5.56 Å². The van der Waals surface area contributed by atoms with Crippen molar-refractivity contribution in [2.75, 3.05) is 0 Å². The van der Waals surface area contributed by atoms with E-state index in [0.29, 0.717) is 6.61 Å². The summed E-state index contributed by atoms with van der Waals surface area (Å²) in [6, 6.07) is 1.51. The largest absolute Gasteiger partial charge is 0.475 e. The summed E-state index contributed by atoms with van der Waals surface area (Å²) in [7, 11) is -1.79. The Morgan fingerprint density at radius 1 is 1.47 bits per heavy atom. The maximum absolute atomic E-state index is 10.6. The normalized spacial score (nSPS) is 12.8. The van der Waals surface area contributed by atoms with E-state index in [9.17, 15) is 4.79 Å². The number of hydrogen-bond acceptors (Lipinski definition) is 3. The lowest BCUT2D eigenvalue weighted by Crippen LogP contribution is -2.40. The van der Waals surface area contributed by atoms with Crippen LogP contribution in [0.2, 0.25) is 18.1 Å². The van der Waals surface area contributed by atoms with Crippen LogP contribution in [0, 0.1) is 0 Å². The van der Waals surface area contributed by atoms with Crippen LogP contribution in [0.3, 0.4) is 0 Å². The van der Waals surface area contributed by atoms with Gasteiger partial charge in [0.15, 0.2) is 8.32 Å². The quantitative estimate of drug-likeness (QED) is 0.838. The highest BCUT2D eigenvalue weighted by Gasteiger charge is 2.37. The molecule has 0 aliphatic carbocycles. The molecule has 1 rings (SSSR count). The number of furan rings is 1. The van der Waals surface area contributed by atoms with Crippen molar-refractivity contribution in [3.63, 3.8) is 0 Å². The molecule has 0 aliphatic heterocycles. The molecule has 17 heavy (non-hydrogen) atoms. The molecule has 0 bridgehead atoms. The second-order valence-corrected chi connectivity index (χ2v) is 10.5. The number of hydrogen-bond donors (Lipinski definition) is 1. The molecule has 0 atom stereocenters. The average Bonchev–Trinajstić information content (AvgIpc) is 2.61. The Morgan fingerprint density at radius 2 is 2.06 bits per heavy atom. The molecule has 1 heterocycles. The third-order valence-corrected chi connectivity index (χ3v) is 7.75. The topological polar surface area (TPSA) is 59.7 Å². The van der Waals surface area contributed by atoms with Gasteiger partial charge in [0.05, 0.1) is 12.9 Å². The van der Waals surface area contributed by atoms with Crippen LogP contribution in [0.4, 0.5) is 0 Å². The van der Waals surface area contributed by atoms with Gasteiger partial charge in [-0.15, -0.1) is 0 Å². The van der Waals surface area contributed by atoms with Crippen molar-refractivity contribution in [2.24, 2.45) is 0 Å². The predicted molar refractivity (Wildman–Crippen MR) is 67.7 cm³/mol. The highest BCUT2D eigenvalue weighted by atomic mass is 28.4. The van der Waals surface area contributed by atoms with Gasteiger partial charge >= 0.3 is 5.97 Å². The average molecular weight is 256 g/mol. The molecule has 0 aliphatic rings. The van der Waals surface area contributed by atoms with Crippen LogP contribution >= 0.6 is 0 Å². The van der Waals surface area contributed by atoms with Crippen LogP contribution in [-0.4, -0.2) is 19.4 Å². The first-order valence-corrected chi connectivity index (χ1v) is 8.49. The van der Waals surface area contributed by atoms with Gasteiger partial charge in [-0.2, -0.15) is 0 Å². The second-order valence-electron chi connectivity index (χ2n) is 5.67. The highest BCUT2D eigenvalue weighted by molar-refractivity contribution is 6.74. The summed E-state index contributed by atoms with van der Waals surface area (Å²) in [5.41, 5.74) is 0.771. The van der Waals surface area contributed by atoms with E-state index in [-0.39, 0.29) is 10.8 Å². The third-order valence-electron chi connectivity index (χ3n) is 3.27. The maximum Gasteiger partial charge on any atom is 0.371 e. The van der Waals surface area contributed by atoms with E-state index in [1.807, 2.05) is 0 Å². The monoisotopic (exact) mass is 256 g/mol. The highest BCUT2D eigenvalue weighted by Crippen LogP contribution is 2.37. The van der Waals surface area contributed by atoms with Crippen LogP contribution < -0.4 is 0 Å². The SMILES string of the molecule is CC(C)(C)[Si](C)(C)OCc1coc(C(=O)O)c1. The van der Waals surface area contributed by atoms with E-state index >= 15 is 0 Å². The molecule has 96 valence electrons. The molecule has 0 saturated carbocycles. The van der Waals surface area contributed by atoms with Crippen molar-refractivity contribution in [2.45, 2.75) is 45.5 Å². The fourth-order valence-electron chi connectivity index (χ4n) is 1.04. The number of rotatable bonds is 4. The summed E-state index contributed by atoms with van der Waals surface area (Å²) >= 11 is 0. The van der Waals surface area contributed by atoms with Crippen LogP contribution in [0.15, 0.2) is 16.7 Å². The molecular formula is C12H20O4Si. The number of aromatic carboxylic acids is 1. The van der Waals surface area contributed by atoms with Gasteiger partial charge in [0.2, 0.25) is 5.76 Å². The van der Waals surface area contributed by atoms with Gasteiger partial charge in [-0.3, -0.25) is 0 Å². The predicted octanol–water partition coefficient (Wildman–Crippen LogP) is 3.50. The van der Waals surface area contributed by atoms with Crippen LogP contribution in [0.25, 0.3) is 0 Å². The van der Waals surface area contributed by atoms with Crippen molar-refractivity contribution >= 4 is 14.3 Å². The number of carboxylic acids is 1. The first-order valence-electron chi connectivity index (χ1n) is 5.58. The van der Waals surface area contributed by atoms with E-state index in [2.05, 4.69) is 33.9 Å². The zero-order valence-corrected chi connectivity index (χ0v) is 12.0. The lowest BCUT2D eigenvalue weighted by atomic mass is 10.2. The standard InChI is InChI=1S/C12H20O4Si/c1-12(2,3)17(4,5)16-8-9-6-10(11(13)14)15-7-9/h6-7H,8H2,1-5H3,(H,13,14). The molecule has 0 saturated heterocycles. The van der Waals surface area contributed by atoms with Gasteiger partial charge in [-0.05, 0) is 24.2 Å². The Bertz CT molecular complexity index is 401. The molecule has 0 aromatic carbocycles. The molecule has 5 heteroatoms. The smallest absolute Gasteiger partial charge is 0.371 e. The molecule has 0 fully saturated rings. The summed E-state index contributed by atoms with van der Waals surface area (Å²) < 4.78 is 10.9. The zero-order chi connectivity index (χ0) is 13.3. The fraction of sp³-hybridized carbons (Fsp3) is 0.583. The van der Waals surface area contributed by atoms with E-state index in [0.717, 1.165) is 5.56 Å². The van der Waals surface area contributed by atoms with Crippen LogP contribution in [0.1, 0.15) is 36.9 Å². The summed E-state index contributed by atoms with van der Waals surface area (Å²) in [4.78, 5) is 10.6. The Balaban J connectivity index is 2.64. The molecule has 1 N–H and O–H groups in total. The maximum atomic E-state index is 10.6. The molecule has 0 radical (unpaired) electrons. The number of carboxylic acid groups (broad SMARTS) is 1. The second kappa shape index (κ2) is 4.66. The molecule has 0 unspecified atom stereocenters. The van der Waals surface area contributed by atoms with Crippen molar-refractivity contribution in [3.8, 4) is 0 Å². The summed E-state index contributed by atoms with van der Waals surface area (Å²) in [6.45, 7) is 11.2. The minimum absolute atomic E-state index is 0.0427. The zero-order valence-electron chi connectivity index (χ0n) is 11.0. The molecule has 0 amide bonds. The van der Waals surface area contributed by atoms with E-state index < -0.39 is 14.3 Å². The minimum Gasteiger partial charge on any atom is -0.475 e. The van der Waals surface area contributed by atoms with Crippen molar-refractivity contribution in [3.05, 3.63) is 23.7 Å². The lowest BCUT2D eigenvalue weighted by Gasteiger charge is -2.36. The van der Waals surface area contributed by atoms with E-state index in [1.165, 1.54) is 12.3 Å². The lowest BCUT2D eigenvalue weighted by molar-refractivity contribution is 0.0662. The fourth-order valence-corrected chi connectivity index (χ4v) is 2.00. The van der Waals surface area contributed by atoms with Gasteiger partial charge < -0.3 is 13.9 Å². The van der Waals surface area contributed by atoms with Crippen molar-refractivity contribution in [1.82, 2.24) is 0 Å². The molecule has 4 nitrogen and oxygen atoms in total. The van der Waals surface area contributed by atoms with E-state index in [1.54, 1.807) is 0 Å². The third kappa shape index (κ3) is 3.44. The first-order chi connectivity index (χ1) is 7.63. The van der Waals surface area contributed by atoms with Gasteiger partial charge in [-0.1, -0.05) is 20.8 Å². The van der Waals surface area contributed by atoms with Gasteiger partial charge in [0.25, 0.3) is 0 Å². The Morgan fingerprint density at radius 3 is 2.47 bits per heavy atom. The van der Waals surface area contributed by atoms with Gasteiger partial charge in [-0.25, -0.2) is 4.79 Å². The Labute approximate surface area is 103 Å². The van der Waals surface area contributed by atoms with Crippen molar-refractivity contribution in [1.29, 1.82) is 0 Å². The molecular weight excluding hydrogens is 236 g/mol. The minimum atomic E-state index is -1.79. The van der Waals surface area contributed by atoms with Crippen LogP contribution in [0.5, 0.6) is 0 Å². The molecule has 1 aromatic heterocycles. The van der Waals surface area contributed by atoms with Crippen LogP contribution in [-0.2, 0) is 11.0 Å². The van der Waals surface area contributed by atoms with E-state index in [4.69, 9.17) is 13.9 Å². The summed E-state index contributed by atoms with van der Waals surface area (Å²) in [5.74, 6) is -1.09. The Hall–Kier alpha value is -1.07. The Kier molecular flexibility index (Phi) is 3.83. The van der Waals surface area contributed by atoms with Crippen molar-refractivity contribution < 1.29 is 18.7 Å². The number of carbonyl (C=O) groups is 1.